The van der Waals surface area contributed by atoms with Crippen LogP contribution in [0.25, 0.3) is 0 Å². The average Bonchev–Trinajstić information content (AvgIpc) is 3.24. The number of benzene rings is 3. The highest BCUT2D eigenvalue weighted by Gasteiger charge is 2.25. The predicted octanol–water partition coefficient (Wildman–Crippen LogP) is 3.92. The van der Waals surface area contributed by atoms with E-state index in [1.54, 1.807) is 53.4 Å². The molecule has 6 nitrogen and oxygen atoms in total. The summed E-state index contributed by atoms with van der Waals surface area (Å²) >= 11 is 0. The topological polar surface area (TPSA) is 78.5 Å². The highest BCUT2D eigenvalue weighted by atomic mass is 16.2. The van der Waals surface area contributed by atoms with Crippen molar-refractivity contribution in [3.63, 3.8) is 0 Å². The third kappa shape index (κ3) is 4.80. The minimum Gasteiger partial charge on any atom is -0.336 e. The smallest absolute Gasteiger partial charge is 0.252 e. The van der Waals surface area contributed by atoms with E-state index in [0.29, 0.717) is 29.8 Å². The second-order valence-electron chi connectivity index (χ2n) is 7.37. The first kappa shape index (κ1) is 20.3. The molecule has 0 aromatic heterocycles. The molecular weight excluding hydrogens is 390 g/mol. The summed E-state index contributed by atoms with van der Waals surface area (Å²) in [7, 11) is 0. The van der Waals surface area contributed by atoms with E-state index in [-0.39, 0.29) is 17.7 Å². The van der Waals surface area contributed by atoms with E-state index < -0.39 is 6.04 Å². The van der Waals surface area contributed by atoms with Crippen LogP contribution >= 0.6 is 0 Å². The van der Waals surface area contributed by atoms with Gasteiger partial charge in [0, 0.05) is 29.9 Å². The SMILES string of the molecule is O=C(NC(C(=O)Nc1ccccc1)c1ccccc1)c1ccc(N2CCCC2=O)cc1. The number of amides is 3. The highest BCUT2D eigenvalue weighted by molar-refractivity contribution is 6.02. The number of anilines is 2. The standard InChI is InChI=1S/C25H23N3O3/c29-22-12-7-17-28(22)21-15-13-19(14-16-21)24(30)27-23(18-8-3-1-4-9-18)25(31)26-20-10-5-2-6-11-20/h1-6,8-11,13-16,23H,7,12,17H2,(H,26,31)(H,27,30). The maximum atomic E-state index is 13.0. The Morgan fingerprint density at radius 2 is 1.48 bits per heavy atom. The van der Waals surface area contributed by atoms with Crippen LogP contribution in [0.5, 0.6) is 0 Å². The molecule has 1 fully saturated rings. The fraction of sp³-hybridized carbons (Fsp3) is 0.160. The molecule has 1 heterocycles. The van der Waals surface area contributed by atoms with E-state index in [1.807, 2.05) is 36.4 Å². The van der Waals surface area contributed by atoms with E-state index in [2.05, 4.69) is 10.6 Å². The summed E-state index contributed by atoms with van der Waals surface area (Å²) in [5.41, 5.74) is 2.54. The first-order valence-electron chi connectivity index (χ1n) is 10.2. The molecule has 0 bridgehead atoms. The lowest BCUT2D eigenvalue weighted by molar-refractivity contribution is -0.118. The van der Waals surface area contributed by atoms with Gasteiger partial charge in [0.1, 0.15) is 6.04 Å². The van der Waals surface area contributed by atoms with Crippen LogP contribution in [0, 0.1) is 0 Å². The average molecular weight is 413 g/mol. The van der Waals surface area contributed by atoms with Gasteiger partial charge in [-0.25, -0.2) is 0 Å². The van der Waals surface area contributed by atoms with Gasteiger partial charge in [-0.05, 0) is 48.4 Å². The minimum absolute atomic E-state index is 0.0962. The van der Waals surface area contributed by atoms with E-state index in [0.717, 1.165) is 12.1 Å². The molecule has 3 aromatic rings. The van der Waals surface area contributed by atoms with Crippen molar-refractivity contribution >= 4 is 29.1 Å². The second-order valence-corrected chi connectivity index (χ2v) is 7.37. The van der Waals surface area contributed by atoms with Gasteiger partial charge in [0.15, 0.2) is 0 Å². The number of carbonyl (C=O) groups is 3. The summed E-state index contributed by atoms with van der Waals surface area (Å²) in [4.78, 5) is 39.5. The first-order valence-corrected chi connectivity index (χ1v) is 10.2. The Bertz CT molecular complexity index is 1070. The molecule has 1 aliphatic heterocycles. The number of hydrogen-bond acceptors (Lipinski definition) is 3. The molecule has 2 N–H and O–H groups in total. The zero-order chi connectivity index (χ0) is 21.6. The Morgan fingerprint density at radius 3 is 2.10 bits per heavy atom. The Hall–Kier alpha value is -3.93. The predicted molar refractivity (Wildman–Crippen MR) is 120 cm³/mol. The van der Waals surface area contributed by atoms with Crippen molar-refractivity contribution < 1.29 is 14.4 Å². The fourth-order valence-corrected chi connectivity index (χ4v) is 3.61. The van der Waals surface area contributed by atoms with Crippen LogP contribution in [-0.2, 0) is 9.59 Å². The minimum atomic E-state index is -0.853. The first-order chi connectivity index (χ1) is 15.1. The fourth-order valence-electron chi connectivity index (χ4n) is 3.61. The van der Waals surface area contributed by atoms with Gasteiger partial charge in [-0.2, -0.15) is 0 Å². The lowest BCUT2D eigenvalue weighted by Crippen LogP contribution is -2.37. The quantitative estimate of drug-likeness (QED) is 0.643. The lowest BCUT2D eigenvalue weighted by atomic mass is 10.0. The Labute approximate surface area is 180 Å². The molecule has 0 saturated carbocycles. The summed E-state index contributed by atoms with van der Waals surface area (Å²) in [5, 5.41) is 5.69. The molecule has 156 valence electrons. The van der Waals surface area contributed by atoms with Crippen molar-refractivity contribution in [1.29, 1.82) is 0 Å². The molecular formula is C25H23N3O3. The third-order valence-electron chi connectivity index (χ3n) is 5.23. The number of rotatable bonds is 6. The molecule has 0 radical (unpaired) electrons. The highest BCUT2D eigenvalue weighted by Crippen LogP contribution is 2.22. The number of carbonyl (C=O) groups excluding carboxylic acids is 3. The van der Waals surface area contributed by atoms with Gasteiger partial charge in [-0.15, -0.1) is 0 Å². The zero-order valence-electron chi connectivity index (χ0n) is 17.0. The molecule has 3 aromatic carbocycles. The number of para-hydroxylation sites is 1. The summed E-state index contributed by atoms with van der Waals surface area (Å²) in [6.07, 6.45) is 1.40. The molecule has 6 heteroatoms. The van der Waals surface area contributed by atoms with E-state index in [1.165, 1.54) is 0 Å². The van der Waals surface area contributed by atoms with Gasteiger partial charge in [0.2, 0.25) is 5.91 Å². The van der Waals surface area contributed by atoms with Crippen LogP contribution < -0.4 is 15.5 Å². The van der Waals surface area contributed by atoms with Gasteiger partial charge >= 0.3 is 0 Å². The maximum Gasteiger partial charge on any atom is 0.252 e. The van der Waals surface area contributed by atoms with Crippen LogP contribution in [-0.4, -0.2) is 24.3 Å². The van der Waals surface area contributed by atoms with Crippen LogP contribution in [0.15, 0.2) is 84.9 Å². The monoisotopic (exact) mass is 413 g/mol. The molecule has 3 amide bonds. The van der Waals surface area contributed by atoms with Crippen molar-refractivity contribution in [2.24, 2.45) is 0 Å². The van der Waals surface area contributed by atoms with Crippen molar-refractivity contribution in [1.82, 2.24) is 5.32 Å². The van der Waals surface area contributed by atoms with Crippen LogP contribution in [0.3, 0.4) is 0 Å². The molecule has 1 unspecified atom stereocenters. The van der Waals surface area contributed by atoms with E-state index in [4.69, 9.17) is 0 Å². The van der Waals surface area contributed by atoms with Crippen molar-refractivity contribution in [3.05, 3.63) is 96.1 Å². The molecule has 1 atom stereocenters. The van der Waals surface area contributed by atoms with Gasteiger partial charge in [-0.1, -0.05) is 48.5 Å². The Kier molecular flexibility index (Phi) is 6.08. The number of nitrogens with zero attached hydrogens (tertiary/aromatic N) is 1. The normalized spacial score (nSPS) is 14.2. The van der Waals surface area contributed by atoms with Crippen molar-refractivity contribution in [3.8, 4) is 0 Å². The van der Waals surface area contributed by atoms with Crippen LogP contribution in [0.2, 0.25) is 0 Å². The lowest BCUT2D eigenvalue weighted by Gasteiger charge is -2.20. The summed E-state index contributed by atoms with van der Waals surface area (Å²) < 4.78 is 0. The Morgan fingerprint density at radius 1 is 0.839 bits per heavy atom. The molecule has 0 spiro atoms. The molecule has 1 aliphatic rings. The number of nitrogens with one attached hydrogen (secondary N) is 2. The van der Waals surface area contributed by atoms with Crippen LogP contribution in [0.4, 0.5) is 11.4 Å². The second kappa shape index (κ2) is 9.26. The third-order valence-corrected chi connectivity index (χ3v) is 5.23. The summed E-state index contributed by atoms with van der Waals surface area (Å²) in [5.74, 6) is -0.597. The maximum absolute atomic E-state index is 13.0. The molecule has 4 rings (SSSR count). The van der Waals surface area contributed by atoms with E-state index in [9.17, 15) is 14.4 Å². The molecule has 1 saturated heterocycles. The summed E-state index contributed by atoms with van der Waals surface area (Å²) in [6.45, 7) is 0.695. The van der Waals surface area contributed by atoms with E-state index >= 15 is 0 Å². The van der Waals surface area contributed by atoms with Gasteiger partial charge < -0.3 is 15.5 Å². The van der Waals surface area contributed by atoms with Gasteiger partial charge in [0.25, 0.3) is 11.8 Å². The van der Waals surface area contributed by atoms with Gasteiger partial charge in [-0.3, -0.25) is 14.4 Å². The molecule has 0 aliphatic carbocycles. The largest absolute Gasteiger partial charge is 0.336 e. The Balaban J connectivity index is 1.51. The zero-order valence-corrected chi connectivity index (χ0v) is 17.0. The summed E-state index contributed by atoms with van der Waals surface area (Å²) in [6, 6.07) is 24.3. The molecule has 31 heavy (non-hydrogen) atoms. The van der Waals surface area contributed by atoms with Crippen LogP contribution in [0.1, 0.15) is 34.8 Å². The van der Waals surface area contributed by atoms with Crippen molar-refractivity contribution in [2.45, 2.75) is 18.9 Å². The van der Waals surface area contributed by atoms with Crippen molar-refractivity contribution in [2.75, 3.05) is 16.8 Å². The van der Waals surface area contributed by atoms with Gasteiger partial charge in [0.05, 0.1) is 0 Å². The number of hydrogen-bond donors (Lipinski definition) is 2.